The Bertz CT molecular complexity index is 823. The van der Waals surface area contributed by atoms with Gasteiger partial charge in [0.15, 0.2) is 6.61 Å². The number of Topliss-reactive ketones (excluding diaryl/α,β-unsaturated/α-hetero) is 1. The van der Waals surface area contributed by atoms with Gasteiger partial charge in [0, 0.05) is 11.4 Å². The second-order valence-electron chi connectivity index (χ2n) is 6.25. The highest BCUT2D eigenvalue weighted by Crippen LogP contribution is 2.23. The number of hydrogen-bond donors (Lipinski definition) is 1. The minimum atomic E-state index is -0.565. The highest BCUT2D eigenvalue weighted by molar-refractivity contribution is 6.09. The number of benzene rings is 1. The molecule has 144 valence electrons. The van der Waals surface area contributed by atoms with Crippen LogP contribution in [0.4, 0.5) is 0 Å². The maximum atomic E-state index is 12.7. The lowest BCUT2D eigenvalue weighted by Crippen LogP contribution is -2.21. The van der Waals surface area contributed by atoms with Crippen LogP contribution in [0.25, 0.3) is 0 Å². The van der Waals surface area contributed by atoms with Gasteiger partial charge in [-0.2, -0.15) is 0 Å². The molecule has 0 bridgehead atoms. The van der Waals surface area contributed by atoms with E-state index in [0.717, 1.165) is 5.56 Å². The zero-order valence-corrected chi connectivity index (χ0v) is 16.1. The van der Waals surface area contributed by atoms with Gasteiger partial charge < -0.3 is 14.5 Å². The van der Waals surface area contributed by atoms with E-state index in [9.17, 15) is 14.4 Å². The number of hydrogen-bond acceptors (Lipinski definition) is 5. The Labute approximate surface area is 158 Å². The molecule has 6 heteroatoms. The molecule has 0 aliphatic heterocycles. The smallest absolute Gasteiger partial charge is 0.340 e. The van der Waals surface area contributed by atoms with Crippen molar-refractivity contribution >= 4 is 17.7 Å². The molecule has 2 rings (SSSR count). The van der Waals surface area contributed by atoms with Crippen LogP contribution in [-0.4, -0.2) is 35.9 Å². The first kappa shape index (κ1) is 20.4. The summed E-state index contributed by atoms with van der Waals surface area (Å²) >= 11 is 0. The van der Waals surface area contributed by atoms with Crippen molar-refractivity contribution < 1.29 is 23.9 Å². The van der Waals surface area contributed by atoms with E-state index in [1.54, 1.807) is 20.8 Å². The lowest BCUT2D eigenvalue weighted by atomic mass is 9.97. The zero-order valence-electron chi connectivity index (χ0n) is 16.1. The van der Waals surface area contributed by atoms with Crippen LogP contribution in [0.2, 0.25) is 0 Å². The van der Waals surface area contributed by atoms with Gasteiger partial charge in [-0.05, 0) is 32.8 Å². The van der Waals surface area contributed by atoms with Crippen LogP contribution in [0.1, 0.15) is 63.9 Å². The molecule has 0 spiro atoms. The van der Waals surface area contributed by atoms with Crippen LogP contribution in [0, 0.1) is 13.8 Å². The number of aryl methyl sites for hydroxylation is 2. The predicted octanol–water partition coefficient (Wildman–Crippen LogP) is 3.73. The van der Waals surface area contributed by atoms with Gasteiger partial charge in [-0.1, -0.05) is 37.3 Å². The third-order valence-corrected chi connectivity index (χ3v) is 4.37. The fourth-order valence-electron chi connectivity index (χ4n) is 3.12. The Morgan fingerprint density at radius 1 is 0.963 bits per heavy atom. The van der Waals surface area contributed by atoms with E-state index in [-0.39, 0.29) is 17.7 Å². The predicted molar refractivity (Wildman–Crippen MR) is 101 cm³/mol. The fraction of sp³-hybridized carbons (Fsp3) is 0.381. The average molecular weight is 371 g/mol. The van der Waals surface area contributed by atoms with Crippen molar-refractivity contribution in [3.63, 3.8) is 0 Å². The Hall–Kier alpha value is -2.89. The molecule has 0 unspecified atom stereocenters. The van der Waals surface area contributed by atoms with Gasteiger partial charge in [0.2, 0.25) is 5.78 Å². The van der Waals surface area contributed by atoms with E-state index in [1.807, 2.05) is 37.3 Å². The molecule has 0 radical (unpaired) electrons. The first-order chi connectivity index (χ1) is 12.9. The van der Waals surface area contributed by atoms with E-state index in [1.165, 1.54) is 0 Å². The summed E-state index contributed by atoms with van der Waals surface area (Å²) in [6, 6.07) is 9.30. The van der Waals surface area contributed by atoms with Crippen LogP contribution in [0.15, 0.2) is 30.3 Å². The Morgan fingerprint density at radius 3 is 2.19 bits per heavy atom. The molecule has 0 aliphatic carbocycles. The minimum Gasteiger partial charge on any atom is -0.462 e. The maximum Gasteiger partial charge on any atom is 0.340 e. The van der Waals surface area contributed by atoms with E-state index in [0.29, 0.717) is 17.8 Å². The molecule has 1 N–H and O–H groups in total. The summed E-state index contributed by atoms with van der Waals surface area (Å²) < 4.78 is 10.3. The molecule has 0 amide bonds. The van der Waals surface area contributed by atoms with Crippen molar-refractivity contribution in [3.8, 4) is 0 Å². The standard InChI is InChI=1S/C21H25NO5/c1-5-16(15-10-8-7-9-11-15)20(24)27-12-17(23)18-13(3)22-14(4)19(18)21(25)26-6-2/h7-11,16,22H,5-6,12H2,1-4H3/t16-/m1/s1. The second kappa shape index (κ2) is 9.16. The fourth-order valence-corrected chi connectivity index (χ4v) is 3.12. The van der Waals surface area contributed by atoms with Gasteiger partial charge in [0.05, 0.1) is 23.7 Å². The molecule has 0 aliphatic rings. The summed E-state index contributed by atoms with van der Waals surface area (Å²) in [6.07, 6.45) is 0.563. The van der Waals surface area contributed by atoms with Crippen molar-refractivity contribution in [1.82, 2.24) is 4.98 Å². The van der Waals surface area contributed by atoms with Gasteiger partial charge in [0.25, 0.3) is 0 Å². The summed E-state index contributed by atoms with van der Waals surface area (Å²) in [5.74, 6) is -1.89. The third kappa shape index (κ3) is 4.64. The number of ketones is 1. The number of esters is 2. The average Bonchev–Trinajstić information content (AvgIpc) is 2.95. The lowest BCUT2D eigenvalue weighted by molar-refractivity contribution is -0.144. The highest BCUT2D eigenvalue weighted by Gasteiger charge is 2.27. The molecule has 27 heavy (non-hydrogen) atoms. The molecule has 1 aromatic heterocycles. The molecular formula is C21H25NO5. The first-order valence-corrected chi connectivity index (χ1v) is 9.01. The summed E-state index contributed by atoms with van der Waals surface area (Å²) in [7, 11) is 0. The molecule has 0 saturated heterocycles. The number of carbonyl (C=O) groups is 3. The summed E-state index contributed by atoms with van der Waals surface area (Å²) in [6.45, 7) is 6.77. The topological polar surface area (TPSA) is 85.5 Å². The van der Waals surface area contributed by atoms with E-state index in [4.69, 9.17) is 9.47 Å². The Morgan fingerprint density at radius 2 is 1.59 bits per heavy atom. The number of nitrogens with one attached hydrogen (secondary N) is 1. The lowest BCUT2D eigenvalue weighted by Gasteiger charge is -2.14. The van der Waals surface area contributed by atoms with Crippen LogP contribution in [-0.2, 0) is 14.3 Å². The normalized spacial score (nSPS) is 11.7. The van der Waals surface area contributed by atoms with Crippen LogP contribution >= 0.6 is 0 Å². The number of ether oxygens (including phenoxy) is 2. The Kier molecular flexibility index (Phi) is 6.93. The van der Waals surface area contributed by atoms with E-state index < -0.39 is 30.2 Å². The van der Waals surface area contributed by atoms with Gasteiger partial charge in [-0.3, -0.25) is 9.59 Å². The molecular weight excluding hydrogens is 346 g/mol. The van der Waals surface area contributed by atoms with Crippen LogP contribution < -0.4 is 0 Å². The van der Waals surface area contributed by atoms with Crippen LogP contribution in [0.5, 0.6) is 0 Å². The highest BCUT2D eigenvalue weighted by atomic mass is 16.5. The Balaban J connectivity index is 2.14. The molecule has 6 nitrogen and oxygen atoms in total. The number of H-pyrrole nitrogens is 1. The first-order valence-electron chi connectivity index (χ1n) is 9.01. The maximum absolute atomic E-state index is 12.7. The third-order valence-electron chi connectivity index (χ3n) is 4.37. The molecule has 1 atom stereocenters. The van der Waals surface area contributed by atoms with Crippen molar-refractivity contribution in [1.29, 1.82) is 0 Å². The molecule has 0 saturated carbocycles. The van der Waals surface area contributed by atoms with Gasteiger partial charge in [0.1, 0.15) is 0 Å². The number of aromatic nitrogens is 1. The summed E-state index contributed by atoms with van der Waals surface area (Å²) in [5, 5.41) is 0. The second-order valence-corrected chi connectivity index (χ2v) is 6.25. The summed E-state index contributed by atoms with van der Waals surface area (Å²) in [5.41, 5.74) is 2.36. The largest absolute Gasteiger partial charge is 0.462 e. The van der Waals surface area contributed by atoms with Crippen molar-refractivity contribution in [2.75, 3.05) is 13.2 Å². The van der Waals surface area contributed by atoms with Crippen molar-refractivity contribution in [2.45, 2.75) is 40.0 Å². The van der Waals surface area contributed by atoms with Gasteiger partial charge in [-0.25, -0.2) is 4.79 Å². The summed E-state index contributed by atoms with van der Waals surface area (Å²) in [4.78, 5) is 40.3. The van der Waals surface area contributed by atoms with Crippen molar-refractivity contribution in [2.24, 2.45) is 0 Å². The van der Waals surface area contributed by atoms with Gasteiger partial charge >= 0.3 is 11.9 Å². The number of aromatic amines is 1. The zero-order chi connectivity index (χ0) is 20.0. The minimum absolute atomic E-state index is 0.200. The quantitative estimate of drug-likeness (QED) is 0.564. The van der Waals surface area contributed by atoms with E-state index >= 15 is 0 Å². The SMILES string of the molecule is CCOC(=O)c1c(C)[nH]c(C)c1C(=O)COC(=O)[C@H](CC)c1ccccc1. The monoisotopic (exact) mass is 371 g/mol. The van der Waals surface area contributed by atoms with Gasteiger partial charge in [-0.15, -0.1) is 0 Å². The molecule has 2 aromatic rings. The molecule has 1 heterocycles. The molecule has 1 aromatic carbocycles. The van der Waals surface area contributed by atoms with Crippen LogP contribution in [0.3, 0.4) is 0 Å². The number of carbonyl (C=O) groups excluding carboxylic acids is 3. The number of rotatable bonds is 8. The van der Waals surface area contributed by atoms with Crippen molar-refractivity contribution in [3.05, 3.63) is 58.4 Å². The van der Waals surface area contributed by atoms with E-state index in [2.05, 4.69) is 4.98 Å². The molecule has 0 fully saturated rings.